The first-order valence-electron chi connectivity index (χ1n) is 8.40. The van der Waals surface area contributed by atoms with Gasteiger partial charge in [0.2, 0.25) is 5.91 Å². The molecule has 1 aromatic carbocycles. The second-order valence-corrected chi connectivity index (χ2v) is 5.78. The molecule has 0 bridgehead atoms. The van der Waals surface area contributed by atoms with E-state index >= 15 is 0 Å². The standard InChI is InChI=1S/C14H16N2O5.C4H10.C2H4/c17-9-8-15-13(19)11(12(18)14(20)16-21)7-6-10-4-2-1-3-5-10;1-4(2)3;1-2/h1-5,11-12,17-18,21H,8-9H2,(H,15,19)(H,16,20);4H,1-3H3;1-2H2. The number of benzene rings is 1. The number of carbonyl (C=O) groups excluding carboxylic acids is 2. The largest absolute Gasteiger partial charge is 0.395 e. The smallest absolute Gasteiger partial charge is 0.273 e. The van der Waals surface area contributed by atoms with E-state index in [1.807, 2.05) is 0 Å². The van der Waals surface area contributed by atoms with Crippen LogP contribution in [0.2, 0.25) is 0 Å². The molecule has 2 atom stereocenters. The summed E-state index contributed by atoms with van der Waals surface area (Å²) >= 11 is 0. The summed E-state index contributed by atoms with van der Waals surface area (Å²) in [6, 6.07) is 8.70. The van der Waals surface area contributed by atoms with Gasteiger partial charge in [-0.15, -0.1) is 13.2 Å². The molecule has 2 unspecified atom stereocenters. The fourth-order valence-corrected chi connectivity index (χ4v) is 1.48. The maximum atomic E-state index is 11.8. The molecule has 0 aliphatic heterocycles. The van der Waals surface area contributed by atoms with Crippen LogP contribution in [0.4, 0.5) is 0 Å². The highest BCUT2D eigenvalue weighted by Crippen LogP contribution is 2.05. The molecule has 0 fully saturated rings. The molecule has 0 heterocycles. The molecule has 7 nitrogen and oxygen atoms in total. The van der Waals surface area contributed by atoms with Crippen LogP contribution in [0.3, 0.4) is 0 Å². The summed E-state index contributed by atoms with van der Waals surface area (Å²) in [6.45, 7) is 12.2. The van der Waals surface area contributed by atoms with Gasteiger partial charge in [0.25, 0.3) is 5.91 Å². The number of hydrogen-bond donors (Lipinski definition) is 5. The van der Waals surface area contributed by atoms with E-state index in [-0.39, 0.29) is 13.2 Å². The van der Waals surface area contributed by atoms with E-state index in [9.17, 15) is 14.7 Å². The molecule has 0 radical (unpaired) electrons. The molecule has 27 heavy (non-hydrogen) atoms. The summed E-state index contributed by atoms with van der Waals surface area (Å²) < 4.78 is 0. The van der Waals surface area contributed by atoms with Gasteiger partial charge >= 0.3 is 0 Å². The Hall–Kier alpha value is -2.66. The number of carbonyl (C=O) groups is 2. The fraction of sp³-hybridized carbons (Fsp3) is 0.400. The highest BCUT2D eigenvalue weighted by molar-refractivity contribution is 5.90. The van der Waals surface area contributed by atoms with Crippen molar-refractivity contribution < 1.29 is 25.0 Å². The van der Waals surface area contributed by atoms with Crippen LogP contribution in [0.25, 0.3) is 0 Å². The van der Waals surface area contributed by atoms with Gasteiger partial charge in [0, 0.05) is 12.1 Å². The van der Waals surface area contributed by atoms with E-state index < -0.39 is 23.8 Å². The first-order valence-corrected chi connectivity index (χ1v) is 8.40. The molecule has 1 rings (SSSR count). The minimum Gasteiger partial charge on any atom is -0.395 e. The van der Waals surface area contributed by atoms with E-state index in [0.29, 0.717) is 5.56 Å². The fourth-order valence-electron chi connectivity index (χ4n) is 1.48. The van der Waals surface area contributed by atoms with Gasteiger partial charge < -0.3 is 15.5 Å². The van der Waals surface area contributed by atoms with Gasteiger partial charge in [-0.1, -0.05) is 50.8 Å². The third kappa shape index (κ3) is 13.2. The number of nitrogens with one attached hydrogen (secondary N) is 2. The van der Waals surface area contributed by atoms with Crippen LogP contribution in [0, 0.1) is 23.7 Å². The number of amides is 2. The van der Waals surface area contributed by atoms with Gasteiger partial charge in [-0.3, -0.25) is 14.8 Å². The van der Waals surface area contributed by atoms with E-state index in [4.69, 9.17) is 10.3 Å². The molecule has 5 N–H and O–H groups in total. The van der Waals surface area contributed by atoms with Crippen molar-refractivity contribution in [2.75, 3.05) is 13.2 Å². The first kappa shape index (κ1) is 26.6. The zero-order chi connectivity index (χ0) is 21.2. The lowest BCUT2D eigenvalue weighted by Crippen LogP contribution is -2.45. The Kier molecular flexibility index (Phi) is 16.5. The minimum atomic E-state index is -1.83. The van der Waals surface area contributed by atoms with Crippen molar-refractivity contribution in [2.24, 2.45) is 11.8 Å². The summed E-state index contributed by atoms with van der Waals surface area (Å²) in [5.74, 6) is 2.77. The van der Waals surface area contributed by atoms with Crippen LogP contribution in [0.15, 0.2) is 43.5 Å². The topological polar surface area (TPSA) is 119 Å². The summed E-state index contributed by atoms with van der Waals surface area (Å²) in [6.07, 6.45) is -1.83. The summed E-state index contributed by atoms with van der Waals surface area (Å²) in [5.41, 5.74) is 1.87. The van der Waals surface area contributed by atoms with Crippen LogP contribution >= 0.6 is 0 Å². The lowest BCUT2D eigenvalue weighted by molar-refractivity contribution is -0.143. The number of rotatable bonds is 5. The highest BCUT2D eigenvalue weighted by atomic mass is 16.5. The predicted octanol–water partition coefficient (Wildman–Crippen LogP) is 1.09. The molecule has 0 spiro atoms. The normalized spacial score (nSPS) is 11.2. The molecule has 0 aliphatic rings. The number of aliphatic hydroxyl groups excluding tert-OH is 2. The Morgan fingerprint density at radius 2 is 1.63 bits per heavy atom. The minimum absolute atomic E-state index is 0.0319. The SMILES string of the molecule is C=C.CC(C)C.O=C(NO)C(O)C(C#Cc1ccccc1)C(=O)NCCO. The van der Waals surface area contributed by atoms with Crippen LogP contribution in [0.5, 0.6) is 0 Å². The lowest BCUT2D eigenvalue weighted by Gasteiger charge is -2.15. The Labute approximate surface area is 161 Å². The van der Waals surface area contributed by atoms with Crippen LogP contribution < -0.4 is 10.8 Å². The van der Waals surface area contributed by atoms with Crippen molar-refractivity contribution >= 4 is 11.8 Å². The average molecular weight is 378 g/mol. The lowest BCUT2D eigenvalue weighted by atomic mass is 10.0. The molecule has 0 saturated heterocycles. The summed E-state index contributed by atoms with van der Waals surface area (Å²) in [7, 11) is 0. The van der Waals surface area contributed by atoms with Gasteiger partial charge in [0.05, 0.1) is 6.61 Å². The van der Waals surface area contributed by atoms with Gasteiger partial charge in [0.15, 0.2) is 6.10 Å². The molecule has 150 valence electrons. The third-order valence-electron chi connectivity index (χ3n) is 2.53. The molecule has 0 saturated carbocycles. The second kappa shape index (κ2) is 16.8. The van der Waals surface area contributed by atoms with Crippen molar-refractivity contribution in [1.82, 2.24) is 10.8 Å². The van der Waals surface area contributed by atoms with Gasteiger partial charge in [0.1, 0.15) is 5.92 Å². The van der Waals surface area contributed by atoms with E-state index in [1.54, 1.807) is 30.3 Å². The summed E-state index contributed by atoms with van der Waals surface area (Å²) in [4.78, 5) is 23.1. The number of hydroxylamine groups is 1. The quantitative estimate of drug-likeness (QED) is 0.227. The third-order valence-corrected chi connectivity index (χ3v) is 2.53. The van der Waals surface area contributed by atoms with Crippen molar-refractivity contribution in [1.29, 1.82) is 0 Å². The molecule has 2 amide bonds. The zero-order valence-corrected chi connectivity index (χ0v) is 16.1. The Morgan fingerprint density at radius 1 is 1.11 bits per heavy atom. The number of hydrogen-bond acceptors (Lipinski definition) is 5. The molecular weight excluding hydrogens is 348 g/mol. The van der Waals surface area contributed by atoms with E-state index in [0.717, 1.165) is 5.92 Å². The van der Waals surface area contributed by atoms with Crippen LogP contribution in [-0.2, 0) is 9.59 Å². The second-order valence-electron chi connectivity index (χ2n) is 5.78. The van der Waals surface area contributed by atoms with Gasteiger partial charge in [-0.25, -0.2) is 5.48 Å². The predicted molar refractivity (Wildman–Crippen MR) is 105 cm³/mol. The molecular formula is C20H30N2O5. The van der Waals surface area contributed by atoms with Crippen LogP contribution in [-0.4, -0.2) is 46.5 Å². The molecule has 7 heteroatoms. The van der Waals surface area contributed by atoms with E-state index in [2.05, 4.69) is 51.1 Å². The van der Waals surface area contributed by atoms with Crippen molar-refractivity contribution in [3.63, 3.8) is 0 Å². The first-order chi connectivity index (χ1) is 12.8. The monoisotopic (exact) mass is 378 g/mol. The van der Waals surface area contributed by atoms with Crippen LogP contribution in [0.1, 0.15) is 26.3 Å². The van der Waals surface area contributed by atoms with E-state index in [1.165, 1.54) is 5.48 Å². The Bertz CT molecular complexity index is 591. The molecule has 0 aliphatic carbocycles. The highest BCUT2D eigenvalue weighted by Gasteiger charge is 2.30. The Balaban J connectivity index is 0. The summed E-state index contributed by atoms with van der Waals surface area (Å²) in [5, 5.41) is 29.2. The maximum absolute atomic E-state index is 11.8. The van der Waals surface area contributed by atoms with Gasteiger partial charge in [-0.2, -0.15) is 0 Å². The zero-order valence-electron chi connectivity index (χ0n) is 16.1. The Morgan fingerprint density at radius 3 is 2.07 bits per heavy atom. The van der Waals surface area contributed by atoms with Crippen molar-refractivity contribution in [3.05, 3.63) is 49.1 Å². The maximum Gasteiger partial charge on any atom is 0.273 e. The van der Waals surface area contributed by atoms with Crippen molar-refractivity contribution in [2.45, 2.75) is 26.9 Å². The average Bonchev–Trinajstić information content (AvgIpc) is 2.67. The van der Waals surface area contributed by atoms with Crippen molar-refractivity contribution in [3.8, 4) is 11.8 Å². The number of aliphatic hydroxyl groups is 2. The molecule has 1 aromatic rings. The molecule has 0 aromatic heterocycles. The van der Waals surface area contributed by atoms with Gasteiger partial charge in [-0.05, 0) is 18.1 Å².